The summed E-state index contributed by atoms with van der Waals surface area (Å²) in [6, 6.07) is 14.8. The van der Waals surface area contributed by atoms with Gasteiger partial charge in [0.2, 0.25) is 15.9 Å². The number of likely N-dealkylation sites (N-methyl/N-ethyl adjacent to an activating group) is 1. The Kier molecular flexibility index (Phi) is 8.88. The Hall–Kier alpha value is -2.42. The van der Waals surface area contributed by atoms with Gasteiger partial charge in [-0.1, -0.05) is 45.0 Å². The molecule has 0 atom stereocenters. The van der Waals surface area contributed by atoms with Gasteiger partial charge in [-0.2, -0.15) is 4.31 Å². The van der Waals surface area contributed by atoms with Crippen molar-refractivity contribution in [2.75, 3.05) is 56.0 Å². The summed E-state index contributed by atoms with van der Waals surface area (Å²) >= 11 is 0. The molecule has 180 valence electrons. The number of amides is 1. The van der Waals surface area contributed by atoms with Crippen molar-refractivity contribution in [3.05, 3.63) is 54.1 Å². The SMILES string of the molecule is CCN1CCN(c2ccccc2NC(=O)CCc2ccc(S(=O)(=O)N(CC)CC)cc2)CC1. The van der Waals surface area contributed by atoms with E-state index in [2.05, 4.69) is 28.1 Å². The van der Waals surface area contributed by atoms with Crippen LogP contribution in [0.25, 0.3) is 0 Å². The van der Waals surface area contributed by atoms with E-state index in [0.29, 0.717) is 25.9 Å². The van der Waals surface area contributed by atoms with Gasteiger partial charge in [0.15, 0.2) is 0 Å². The van der Waals surface area contributed by atoms with Crippen molar-refractivity contribution in [2.45, 2.75) is 38.5 Å². The monoisotopic (exact) mass is 472 g/mol. The number of piperazine rings is 1. The molecule has 0 spiro atoms. The average Bonchev–Trinajstić information content (AvgIpc) is 2.84. The Labute approximate surface area is 198 Å². The first kappa shape index (κ1) is 25.2. The van der Waals surface area contributed by atoms with Crippen molar-refractivity contribution in [1.82, 2.24) is 9.21 Å². The largest absolute Gasteiger partial charge is 0.367 e. The number of para-hydroxylation sites is 2. The van der Waals surface area contributed by atoms with E-state index in [-0.39, 0.29) is 10.8 Å². The third-order valence-electron chi connectivity index (χ3n) is 6.25. The molecule has 0 unspecified atom stereocenters. The van der Waals surface area contributed by atoms with E-state index in [1.807, 2.05) is 32.0 Å². The van der Waals surface area contributed by atoms with E-state index in [4.69, 9.17) is 0 Å². The van der Waals surface area contributed by atoms with Crippen LogP contribution in [0, 0.1) is 0 Å². The molecule has 33 heavy (non-hydrogen) atoms. The van der Waals surface area contributed by atoms with Crippen LogP contribution in [-0.4, -0.2) is 69.3 Å². The minimum atomic E-state index is -3.46. The van der Waals surface area contributed by atoms with Crippen LogP contribution < -0.4 is 10.2 Å². The highest BCUT2D eigenvalue weighted by Gasteiger charge is 2.21. The van der Waals surface area contributed by atoms with Gasteiger partial charge in [0.05, 0.1) is 16.3 Å². The summed E-state index contributed by atoms with van der Waals surface area (Å²) < 4.78 is 26.7. The van der Waals surface area contributed by atoms with Crippen LogP contribution in [0.3, 0.4) is 0 Å². The predicted molar refractivity (Wildman–Crippen MR) is 134 cm³/mol. The number of carbonyl (C=O) groups is 1. The number of aryl methyl sites for hydroxylation is 1. The standard InChI is InChI=1S/C25H36N4O3S/c1-4-27-17-19-28(20-18-27)24-10-8-7-9-23(24)26-25(30)16-13-21-11-14-22(15-12-21)33(31,32)29(5-2)6-3/h7-12,14-15H,4-6,13,16-20H2,1-3H3,(H,26,30). The number of benzene rings is 2. The maximum Gasteiger partial charge on any atom is 0.243 e. The van der Waals surface area contributed by atoms with Gasteiger partial charge in [0.25, 0.3) is 0 Å². The first-order valence-electron chi connectivity index (χ1n) is 11.8. The van der Waals surface area contributed by atoms with Crippen molar-refractivity contribution in [3.63, 3.8) is 0 Å². The molecule has 1 N–H and O–H groups in total. The molecule has 1 amide bonds. The molecule has 0 aliphatic carbocycles. The second-order valence-electron chi connectivity index (χ2n) is 8.22. The zero-order valence-electron chi connectivity index (χ0n) is 20.0. The number of hydrogen-bond donors (Lipinski definition) is 1. The lowest BCUT2D eigenvalue weighted by molar-refractivity contribution is -0.116. The van der Waals surface area contributed by atoms with Crippen molar-refractivity contribution < 1.29 is 13.2 Å². The fourth-order valence-corrected chi connectivity index (χ4v) is 5.63. The molecule has 8 heteroatoms. The molecular weight excluding hydrogens is 436 g/mol. The van der Waals surface area contributed by atoms with Gasteiger partial charge >= 0.3 is 0 Å². The molecule has 1 heterocycles. The van der Waals surface area contributed by atoms with Gasteiger partial charge in [0.1, 0.15) is 0 Å². The highest BCUT2D eigenvalue weighted by molar-refractivity contribution is 7.89. The lowest BCUT2D eigenvalue weighted by Gasteiger charge is -2.36. The van der Waals surface area contributed by atoms with E-state index < -0.39 is 10.0 Å². The van der Waals surface area contributed by atoms with E-state index in [1.54, 1.807) is 24.3 Å². The Morgan fingerprint density at radius 3 is 2.18 bits per heavy atom. The summed E-state index contributed by atoms with van der Waals surface area (Å²) in [6.07, 6.45) is 0.884. The second-order valence-corrected chi connectivity index (χ2v) is 10.2. The third-order valence-corrected chi connectivity index (χ3v) is 8.31. The van der Waals surface area contributed by atoms with Crippen LogP contribution in [0.15, 0.2) is 53.4 Å². The summed E-state index contributed by atoms with van der Waals surface area (Å²) in [7, 11) is -3.46. The summed E-state index contributed by atoms with van der Waals surface area (Å²) in [6.45, 7) is 11.7. The summed E-state index contributed by atoms with van der Waals surface area (Å²) in [5.74, 6) is -0.0468. The maximum absolute atomic E-state index is 12.7. The Bertz CT molecular complexity index is 1010. The first-order chi connectivity index (χ1) is 15.9. The number of hydrogen-bond acceptors (Lipinski definition) is 5. The predicted octanol–water partition coefficient (Wildman–Crippen LogP) is 3.43. The molecule has 3 rings (SSSR count). The van der Waals surface area contributed by atoms with Gasteiger partial charge in [-0.3, -0.25) is 4.79 Å². The Balaban J connectivity index is 1.58. The van der Waals surface area contributed by atoms with Gasteiger partial charge in [-0.05, 0) is 42.8 Å². The van der Waals surface area contributed by atoms with E-state index in [1.165, 1.54) is 4.31 Å². The quantitative estimate of drug-likeness (QED) is 0.574. The molecule has 1 aliphatic rings. The molecule has 0 saturated carbocycles. The first-order valence-corrected chi connectivity index (χ1v) is 13.3. The number of nitrogens with one attached hydrogen (secondary N) is 1. The zero-order valence-corrected chi connectivity index (χ0v) is 20.8. The van der Waals surface area contributed by atoms with Crippen molar-refractivity contribution >= 4 is 27.3 Å². The fraction of sp³-hybridized carbons (Fsp3) is 0.480. The Morgan fingerprint density at radius 2 is 1.58 bits per heavy atom. The molecule has 0 bridgehead atoms. The van der Waals surface area contributed by atoms with Crippen LogP contribution >= 0.6 is 0 Å². The summed E-state index contributed by atoms with van der Waals surface area (Å²) in [4.78, 5) is 17.7. The van der Waals surface area contributed by atoms with Gasteiger partial charge in [-0.25, -0.2) is 8.42 Å². The Morgan fingerprint density at radius 1 is 0.939 bits per heavy atom. The van der Waals surface area contributed by atoms with Crippen molar-refractivity contribution in [3.8, 4) is 0 Å². The van der Waals surface area contributed by atoms with Crippen LogP contribution in [0.4, 0.5) is 11.4 Å². The molecule has 0 radical (unpaired) electrons. The zero-order chi connectivity index (χ0) is 23.8. The molecule has 2 aromatic rings. The van der Waals surface area contributed by atoms with Crippen molar-refractivity contribution in [2.24, 2.45) is 0 Å². The number of sulfonamides is 1. The number of anilines is 2. The van der Waals surface area contributed by atoms with Gasteiger partial charge < -0.3 is 15.1 Å². The average molecular weight is 473 g/mol. The lowest BCUT2D eigenvalue weighted by atomic mass is 10.1. The van der Waals surface area contributed by atoms with Crippen LogP contribution in [0.2, 0.25) is 0 Å². The second kappa shape index (κ2) is 11.6. The normalized spacial score (nSPS) is 15.1. The number of carbonyl (C=O) groups excluding carboxylic acids is 1. The topological polar surface area (TPSA) is 73.0 Å². The lowest BCUT2D eigenvalue weighted by Crippen LogP contribution is -2.46. The minimum absolute atomic E-state index is 0.0468. The smallest absolute Gasteiger partial charge is 0.243 e. The highest BCUT2D eigenvalue weighted by Crippen LogP contribution is 2.27. The maximum atomic E-state index is 12.7. The van der Waals surface area contributed by atoms with Gasteiger partial charge in [0, 0.05) is 45.7 Å². The molecule has 7 nitrogen and oxygen atoms in total. The number of rotatable bonds is 10. The molecule has 1 aliphatic heterocycles. The van der Waals surface area contributed by atoms with E-state index in [0.717, 1.165) is 49.7 Å². The molecular formula is C25H36N4O3S. The van der Waals surface area contributed by atoms with Crippen LogP contribution in [-0.2, 0) is 21.2 Å². The molecule has 0 aromatic heterocycles. The van der Waals surface area contributed by atoms with Crippen LogP contribution in [0.1, 0.15) is 32.8 Å². The van der Waals surface area contributed by atoms with Gasteiger partial charge in [-0.15, -0.1) is 0 Å². The summed E-state index contributed by atoms with van der Waals surface area (Å²) in [5, 5.41) is 3.07. The van der Waals surface area contributed by atoms with Crippen LogP contribution in [0.5, 0.6) is 0 Å². The summed E-state index contributed by atoms with van der Waals surface area (Å²) in [5.41, 5.74) is 2.84. The molecule has 1 fully saturated rings. The fourth-order valence-electron chi connectivity index (χ4n) is 4.17. The van der Waals surface area contributed by atoms with E-state index in [9.17, 15) is 13.2 Å². The highest BCUT2D eigenvalue weighted by atomic mass is 32.2. The third kappa shape index (κ3) is 6.34. The minimum Gasteiger partial charge on any atom is -0.367 e. The number of nitrogens with zero attached hydrogens (tertiary/aromatic N) is 3. The molecule has 2 aromatic carbocycles. The van der Waals surface area contributed by atoms with E-state index >= 15 is 0 Å². The van der Waals surface area contributed by atoms with Crippen molar-refractivity contribution in [1.29, 1.82) is 0 Å². The molecule has 1 saturated heterocycles.